The van der Waals surface area contributed by atoms with Gasteiger partial charge in [-0.2, -0.15) is 0 Å². The maximum atomic E-state index is 12.6. The number of carbonyl (C=O) groups excluding carboxylic acids is 1. The van der Waals surface area contributed by atoms with Gasteiger partial charge in [0.1, 0.15) is 10.7 Å². The topological polar surface area (TPSA) is 60.5 Å². The smallest absolute Gasteiger partial charge is 0.263 e. The summed E-state index contributed by atoms with van der Waals surface area (Å²) in [5.41, 5.74) is 1.95. The lowest BCUT2D eigenvalue weighted by Gasteiger charge is -2.34. The number of nitrogens with one attached hydrogen (secondary N) is 2. The van der Waals surface area contributed by atoms with E-state index in [1.807, 2.05) is 6.92 Å². The molecule has 0 radical (unpaired) electrons. The summed E-state index contributed by atoms with van der Waals surface area (Å²) in [7, 11) is 0. The first kappa shape index (κ1) is 17.7. The summed E-state index contributed by atoms with van der Waals surface area (Å²) < 4.78 is 1.13. The Morgan fingerprint density at radius 2 is 2.00 bits per heavy atom. The highest BCUT2D eigenvalue weighted by Gasteiger charge is 2.25. The van der Waals surface area contributed by atoms with Crippen molar-refractivity contribution in [3.05, 3.63) is 29.1 Å². The second-order valence-corrected chi connectivity index (χ2v) is 8.71. The van der Waals surface area contributed by atoms with E-state index in [0.29, 0.717) is 0 Å². The zero-order valence-corrected chi connectivity index (χ0v) is 17.1. The van der Waals surface area contributed by atoms with Crippen LogP contribution in [0.15, 0.2) is 24.3 Å². The zero-order valence-electron chi connectivity index (χ0n) is 16.3. The largest absolute Gasteiger partial charge is 0.381 e. The van der Waals surface area contributed by atoms with Crippen molar-refractivity contribution in [1.29, 1.82) is 0 Å². The number of aromatic nitrogens is 1. The third-order valence-electron chi connectivity index (χ3n) is 5.82. The van der Waals surface area contributed by atoms with E-state index in [4.69, 9.17) is 4.98 Å². The number of amides is 1. The van der Waals surface area contributed by atoms with Crippen LogP contribution in [0.5, 0.6) is 0 Å². The number of hydrogen-bond donors (Lipinski definition) is 2. The van der Waals surface area contributed by atoms with Crippen molar-refractivity contribution in [3.8, 4) is 0 Å². The third-order valence-corrected chi connectivity index (χ3v) is 6.97. The van der Waals surface area contributed by atoms with E-state index in [-0.39, 0.29) is 11.9 Å². The van der Waals surface area contributed by atoms with Gasteiger partial charge in [0.2, 0.25) is 0 Å². The molecule has 1 aromatic carbocycles. The number of benzene rings is 1. The molecule has 0 spiro atoms. The number of carbonyl (C=O) groups is 1. The van der Waals surface area contributed by atoms with Crippen LogP contribution in [0.4, 0.5) is 11.5 Å². The maximum absolute atomic E-state index is 12.6. The minimum atomic E-state index is 0.0141. The fraction of sp³-hybridized carbons (Fsp3) is 0.429. The normalized spacial score (nSPS) is 20.7. The summed E-state index contributed by atoms with van der Waals surface area (Å²) in [4.78, 5) is 23.2. The molecule has 0 aliphatic carbocycles. The molecule has 2 N–H and O–H groups in total. The van der Waals surface area contributed by atoms with Crippen LogP contribution in [0, 0.1) is 0 Å². The second-order valence-electron chi connectivity index (χ2n) is 7.66. The Labute approximate surface area is 168 Å². The van der Waals surface area contributed by atoms with E-state index in [1.54, 1.807) is 11.3 Å². The van der Waals surface area contributed by atoms with Crippen LogP contribution in [0.3, 0.4) is 0 Å². The highest BCUT2D eigenvalue weighted by molar-refractivity contribution is 7.21. The van der Waals surface area contributed by atoms with Crippen LogP contribution in [0.25, 0.3) is 21.0 Å². The van der Waals surface area contributed by atoms with Crippen LogP contribution < -0.4 is 15.5 Å². The number of thiophene rings is 1. The molecule has 4 heterocycles. The van der Waals surface area contributed by atoms with Gasteiger partial charge >= 0.3 is 0 Å². The van der Waals surface area contributed by atoms with Gasteiger partial charge in [0.25, 0.3) is 5.91 Å². The SMILES string of the molecule is CCN1CCN(c2ccc3c(ccc4sc5c(c43)NC[C@@H](C)NC5=O)n2)CC1. The number of pyridine rings is 1. The highest BCUT2D eigenvalue weighted by atomic mass is 32.1. The summed E-state index contributed by atoms with van der Waals surface area (Å²) in [6.45, 7) is 10.3. The van der Waals surface area contributed by atoms with Gasteiger partial charge in [0.05, 0.1) is 11.2 Å². The molecular formula is C21H25N5OS. The van der Waals surface area contributed by atoms with Crippen molar-refractivity contribution in [3.63, 3.8) is 0 Å². The Morgan fingerprint density at radius 3 is 2.79 bits per heavy atom. The average molecular weight is 396 g/mol. The lowest BCUT2D eigenvalue weighted by Crippen LogP contribution is -2.46. The van der Waals surface area contributed by atoms with Gasteiger partial charge < -0.3 is 20.4 Å². The van der Waals surface area contributed by atoms with Gasteiger partial charge in [0.15, 0.2) is 0 Å². The summed E-state index contributed by atoms with van der Waals surface area (Å²) in [6.07, 6.45) is 0. The Hall–Kier alpha value is -2.38. The highest BCUT2D eigenvalue weighted by Crippen LogP contribution is 2.41. The molecule has 1 atom stereocenters. The van der Waals surface area contributed by atoms with E-state index < -0.39 is 0 Å². The number of fused-ring (bicyclic) bond motifs is 5. The maximum Gasteiger partial charge on any atom is 0.263 e. The average Bonchev–Trinajstić information content (AvgIpc) is 3.04. The first-order valence-corrected chi connectivity index (χ1v) is 10.8. The molecule has 0 saturated carbocycles. The fourth-order valence-electron chi connectivity index (χ4n) is 4.18. The molecule has 5 rings (SSSR count). The molecule has 146 valence electrons. The number of nitrogens with zero attached hydrogens (tertiary/aromatic N) is 3. The molecular weight excluding hydrogens is 370 g/mol. The van der Waals surface area contributed by atoms with Gasteiger partial charge in [-0.3, -0.25) is 4.79 Å². The molecule has 1 fully saturated rings. The first-order chi connectivity index (χ1) is 13.6. The molecule has 2 aliphatic rings. The number of likely N-dealkylation sites (N-methyl/N-ethyl adjacent to an activating group) is 1. The summed E-state index contributed by atoms with van der Waals surface area (Å²) in [5.74, 6) is 1.06. The van der Waals surface area contributed by atoms with E-state index in [2.05, 4.69) is 51.6 Å². The predicted octanol–water partition coefficient (Wildman–Crippen LogP) is 3.14. The molecule has 0 unspecified atom stereocenters. The quantitative estimate of drug-likeness (QED) is 0.698. The van der Waals surface area contributed by atoms with E-state index >= 15 is 0 Å². The van der Waals surface area contributed by atoms with Gasteiger partial charge in [-0.25, -0.2) is 4.98 Å². The van der Waals surface area contributed by atoms with Crippen molar-refractivity contribution >= 4 is 49.7 Å². The van der Waals surface area contributed by atoms with Crippen molar-refractivity contribution in [1.82, 2.24) is 15.2 Å². The van der Waals surface area contributed by atoms with Crippen LogP contribution in [0.2, 0.25) is 0 Å². The number of piperazine rings is 1. The van der Waals surface area contributed by atoms with Crippen LogP contribution in [0.1, 0.15) is 23.5 Å². The second kappa shape index (κ2) is 6.90. The minimum absolute atomic E-state index is 0.0141. The number of anilines is 2. The minimum Gasteiger partial charge on any atom is -0.381 e. The predicted molar refractivity (Wildman–Crippen MR) is 117 cm³/mol. The van der Waals surface area contributed by atoms with Crippen molar-refractivity contribution < 1.29 is 4.79 Å². The molecule has 2 aliphatic heterocycles. The van der Waals surface area contributed by atoms with Crippen molar-refractivity contribution in [2.45, 2.75) is 19.9 Å². The molecule has 0 bridgehead atoms. The van der Waals surface area contributed by atoms with E-state index in [9.17, 15) is 4.79 Å². The molecule has 28 heavy (non-hydrogen) atoms. The Balaban J connectivity index is 1.57. The van der Waals surface area contributed by atoms with Crippen LogP contribution in [-0.4, -0.2) is 61.1 Å². The summed E-state index contributed by atoms with van der Waals surface area (Å²) >= 11 is 1.55. The van der Waals surface area contributed by atoms with Crippen LogP contribution >= 0.6 is 11.3 Å². The molecule has 7 heteroatoms. The molecule has 2 aromatic heterocycles. The Bertz CT molecular complexity index is 1050. The standard InChI is InChI=1S/C21H25N5OS/c1-3-25-8-10-26(11-9-25)17-7-4-14-15(24-17)5-6-16-18(14)19-20(28-16)21(27)23-13(2)12-22-19/h4-7,13,22H,3,8-12H2,1-2H3,(H,23,27)/t13-/m1/s1. The van der Waals surface area contributed by atoms with Crippen molar-refractivity contribution in [2.24, 2.45) is 0 Å². The first-order valence-electron chi connectivity index (χ1n) is 10.0. The van der Waals surface area contributed by atoms with Crippen LogP contribution in [-0.2, 0) is 0 Å². The Morgan fingerprint density at radius 1 is 1.18 bits per heavy atom. The third kappa shape index (κ3) is 2.89. The van der Waals surface area contributed by atoms with Gasteiger partial charge in [-0.05, 0) is 37.7 Å². The lowest BCUT2D eigenvalue weighted by molar-refractivity contribution is 0.0949. The summed E-state index contributed by atoms with van der Waals surface area (Å²) in [6, 6.07) is 8.60. The Kier molecular flexibility index (Phi) is 4.36. The number of hydrogen-bond acceptors (Lipinski definition) is 6. The van der Waals surface area contributed by atoms with E-state index in [0.717, 1.165) is 76.6 Å². The molecule has 1 saturated heterocycles. The van der Waals surface area contributed by atoms with E-state index in [1.165, 1.54) is 0 Å². The summed E-state index contributed by atoms with van der Waals surface area (Å²) in [5, 5.41) is 8.78. The van der Waals surface area contributed by atoms with Gasteiger partial charge in [-0.1, -0.05) is 6.92 Å². The van der Waals surface area contributed by atoms with Gasteiger partial charge in [0, 0.05) is 54.2 Å². The molecule has 6 nitrogen and oxygen atoms in total. The molecule has 1 amide bonds. The lowest BCUT2D eigenvalue weighted by atomic mass is 10.1. The fourth-order valence-corrected chi connectivity index (χ4v) is 5.28. The molecule has 3 aromatic rings. The van der Waals surface area contributed by atoms with Gasteiger partial charge in [-0.15, -0.1) is 11.3 Å². The zero-order chi connectivity index (χ0) is 19.3. The number of rotatable bonds is 2. The van der Waals surface area contributed by atoms with Crippen molar-refractivity contribution in [2.75, 3.05) is 49.5 Å². The monoisotopic (exact) mass is 395 g/mol.